The van der Waals surface area contributed by atoms with Crippen LogP contribution in [0, 0.1) is 11.8 Å². The van der Waals surface area contributed by atoms with E-state index in [0.29, 0.717) is 19.8 Å². The zero-order chi connectivity index (χ0) is 16.4. The standard InChI is InChI=1S/C18H22N4O2/c23-18(15-4-5-15)22-10-14(9-21-8-7-20-17(21)11-22)12-24-13-16-3-1-2-6-19-16/h1-3,6-8,14-15H,4-5,9-13H2/t14-/m1/s1. The molecule has 3 heterocycles. The van der Waals surface area contributed by atoms with Gasteiger partial charge in [0.2, 0.25) is 5.91 Å². The molecule has 2 aromatic rings. The molecule has 24 heavy (non-hydrogen) atoms. The summed E-state index contributed by atoms with van der Waals surface area (Å²) in [5.41, 5.74) is 0.931. The van der Waals surface area contributed by atoms with Crippen LogP contribution in [0.25, 0.3) is 0 Å². The Hall–Kier alpha value is -2.21. The number of imidazole rings is 1. The average molecular weight is 326 g/mol. The number of pyridine rings is 1. The zero-order valence-electron chi connectivity index (χ0n) is 13.7. The lowest BCUT2D eigenvalue weighted by Gasteiger charge is -2.24. The molecule has 1 amide bonds. The van der Waals surface area contributed by atoms with Crippen molar-refractivity contribution >= 4 is 5.91 Å². The Labute approximate surface area is 141 Å². The number of ether oxygens (including phenoxy) is 1. The fourth-order valence-corrected chi connectivity index (χ4v) is 3.22. The van der Waals surface area contributed by atoms with Gasteiger partial charge in [-0.1, -0.05) is 6.07 Å². The maximum atomic E-state index is 12.5. The minimum absolute atomic E-state index is 0.238. The van der Waals surface area contributed by atoms with E-state index < -0.39 is 0 Å². The highest BCUT2D eigenvalue weighted by atomic mass is 16.5. The maximum Gasteiger partial charge on any atom is 0.226 e. The Balaban J connectivity index is 1.40. The van der Waals surface area contributed by atoms with E-state index in [1.165, 1.54) is 0 Å². The first-order valence-corrected chi connectivity index (χ1v) is 8.56. The van der Waals surface area contributed by atoms with Crippen molar-refractivity contribution in [2.24, 2.45) is 11.8 Å². The van der Waals surface area contributed by atoms with Gasteiger partial charge in [-0.3, -0.25) is 9.78 Å². The molecule has 2 aromatic heterocycles. The first-order valence-electron chi connectivity index (χ1n) is 8.56. The van der Waals surface area contributed by atoms with Crippen LogP contribution >= 0.6 is 0 Å². The number of hydrogen-bond acceptors (Lipinski definition) is 4. The Kier molecular flexibility index (Phi) is 4.30. The molecule has 1 atom stereocenters. The third-order valence-electron chi connectivity index (χ3n) is 4.64. The molecular weight excluding hydrogens is 304 g/mol. The van der Waals surface area contributed by atoms with Crippen molar-refractivity contribution in [1.82, 2.24) is 19.4 Å². The molecule has 1 aliphatic carbocycles. The van der Waals surface area contributed by atoms with Gasteiger partial charge >= 0.3 is 0 Å². The van der Waals surface area contributed by atoms with Gasteiger partial charge in [-0.15, -0.1) is 0 Å². The second kappa shape index (κ2) is 6.73. The van der Waals surface area contributed by atoms with E-state index >= 15 is 0 Å². The zero-order valence-corrected chi connectivity index (χ0v) is 13.7. The molecular formula is C18H22N4O2. The normalized spacial score (nSPS) is 20.5. The number of fused-ring (bicyclic) bond motifs is 1. The SMILES string of the molecule is O=C(C1CC1)N1Cc2nccn2C[C@@H](COCc2ccccn2)C1. The molecule has 0 radical (unpaired) electrons. The summed E-state index contributed by atoms with van der Waals surface area (Å²) < 4.78 is 8.02. The fraction of sp³-hybridized carbons (Fsp3) is 0.500. The topological polar surface area (TPSA) is 60.2 Å². The average Bonchev–Trinajstić information content (AvgIpc) is 3.39. The highest BCUT2D eigenvalue weighted by Gasteiger charge is 2.35. The number of aromatic nitrogens is 3. The third kappa shape index (κ3) is 3.48. The minimum atomic E-state index is 0.238. The van der Waals surface area contributed by atoms with Crippen molar-refractivity contribution in [3.63, 3.8) is 0 Å². The summed E-state index contributed by atoms with van der Waals surface area (Å²) in [4.78, 5) is 23.2. The minimum Gasteiger partial charge on any atom is -0.375 e. The maximum absolute atomic E-state index is 12.5. The van der Waals surface area contributed by atoms with Crippen LogP contribution in [0.3, 0.4) is 0 Å². The molecule has 2 aliphatic rings. The number of amides is 1. The van der Waals surface area contributed by atoms with E-state index in [-0.39, 0.29) is 17.7 Å². The molecule has 1 saturated carbocycles. The van der Waals surface area contributed by atoms with Gasteiger partial charge in [0, 0.05) is 43.5 Å². The number of carbonyl (C=O) groups is 1. The molecule has 0 saturated heterocycles. The van der Waals surface area contributed by atoms with Crippen molar-refractivity contribution in [3.8, 4) is 0 Å². The van der Waals surface area contributed by atoms with Gasteiger partial charge in [-0.25, -0.2) is 4.98 Å². The van der Waals surface area contributed by atoms with Gasteiger partial charge in [0.15, 0.2) is 0 Å². The molecule has 1 fully saturated rings. The second-order valence-corrected chi connectivity index (χ2v) is 6.69. The lowest BCUT2D eigenvalue weighted by Crippen LogP contribution is -2.36. The van der Waals surface area contributed by atoms with E-state index in [0.717, 1.165) is 37.4 Å². The summed E-state index contributed by atoms with van der Waals surface area (Å²) in [6.07, 6.45) is 7.64. The number of hydrogen-bond donors (Lipinski definition) is 0. The van der Waals surface area contributed by atoms with Crippen LogP contribution in [-0.2, 0) is 29.2 Å². The molecule has 0 spiro atoms. The molecule has 0 bridgehead atoms. The number of nitrogens with zero attached hydrogens (tertiary/aromatic N) is 4. The van der Waals surface area contributed by atoms with E-state index in [4.69, 9.17) is 4.74 Å². The van der Waals surface area contributed by atoms with Crippen molar-refractivity contribution in [3.05, 3.63) is 48.3 Å². The van der Waals surface area contributed by atoms with Gasteiger partial charge < -0.3 is 14.2 Å². The van der Waals surface area contributed by atoms with Crippen LogP contribution < -0.4 is 0 Å². The lowest BCUT2D eigenvalue weighted by molar-refractivity contribution is -0.134. The first-order chi connectivity index (χ1) is 11.8. The van der Waals surface area contributed by atoms with E-state index in [9.17, 15) is 4.79 Å². The van der Waals surface area contributed by atoms with Crippen molar-refractivity contribution < 1.29 is 9.53 Å². The smallest absolute Gasteiger partial charge is 0.226 e. The molecule has 0 aromatic carbocycles. The number of rotatable bonds is 5. The van der Waals surface area contributed by atoms with Crippen LogP contribution in [0.4, 0.5) is 0 Å². The van der Waals surface area contributed by atoms with E-state index in [2.05, 4.69) is 14.5 Å². The van der Waals surface area contributed by atoms with Gasteiger partial charge in [0.25, 0.3) is 0 Å². The van der Waals surface area contributed by atoms with Crippen LogP contribution in [0.5, 0.6) is 0 Å². The van der Waals surface area contributed by atoms with E-state index in [1.54, 1.807) is 6.20 Å². The quantitative estimate of drug-likeness (QED) is 0.841. The lowest BCUT2D eigenvalue weighted by atomic mass is 10.1. The predicted molar refractivity (Wildman–Crippen MR) is 87.8 cm³/mol. The molecule has 6 heteroatoms. The summed E-state index contributed by atoms with van der Waals surface area (Å²) >= 11 is 0. The van der Waals surface area contributed by atoms with Gasteiger partial charge in [0.05, 0.1) is 25.5 Å². The van der Waals surface area contributed by atoms with Crippen LogP contribution in [0.15, 0.2) is 36.8 Å². The van der Waals surface area contributed by atoms with Gasteiger partial charge in [0.1, 0.15) is 5.82 Å². The van der Waals surface area contributed by atoms with Crippen LogP contribution in [0.1, 0.15) is 24.4 Å². The summed E-state index contributed by atoms with van der Waals surface area (Å²) in [6.45, 7) is 3.30. The van der Waals surface area contributed by atoms with E-state index in [1.807, 2.05) is 35.5 Å². The molecule has 4 rings (SSSR count). The number of carbonyl (C=O) groups excluding carboxylic acids is 1. The largest absolute Gasteiger partial charge is 0.375 e. The Bertz CT molecular complexity index is 696. The van der Waals surface area contributed by atoms with Gasteiger partial charge in [-0.05, 0) is 25.0 Å². The molecule has 6 nitrogen and oxygen atoms in total. The van der Waals surface area contributed by atoms with Crippen molar-refractivity contribution in [2.75, 3.05) is 13.2 Å². The second-order valence-electron chi connectivity index (χ2n) is 6.69. The van der Waals surface area contributed by atoms with Crippen LogP contribution in [-0.4, -0.2) is 38.5 Å². The summed E-state index contributed by atoms with van der Waals surface area (Å²) in [7, 11) is 0. The molecule has 126 valence electrons. The van der Waals surface area contributed by atoms with Crippen molar-refractivity contribution in [2.45, 2.75) is 32.5 Å². The van der Waals surface area contributed by atoms with Crippen molar-refractivity contribution in [1.29, 1.82) is 0 Å². The Morgan fingerprint density at radius 1 is 1.21 bits per heavy atom. The monoisotopic (exact) mass is 326 g/mol. The summed E-state index contributed by atoms with van der Waals surface area (Å²) in [5.74, 6) is 1.76. The summed E-state index contributed by atoms with van der Waals surface area (Å²) in [5, 5.41) is 0. The fourth-order valence-electron chi connectivity index (χ4n) is 3.22. The highest BCUT2D eigenvalue weighted by molar-refractivity contribution is 5.81. The van der Waals surface area contributed by atoms with Gasteiger partial charge in [-0.2, -0.15) is 0 Å². The molecule has 0 unspecified atom stereocenters. The highest BCUT2D eigenvalue weighted by Crippen LogP contribution is 2.32. The Morgan fingerprint density at radius 3 is 2.92 bits per heavy atom. The van der Waals surface area contributed by atoms with Crippen LogP contribution in [0.2, 0.25) is 0 Å². The summed E-state index contributed by atoms with van der Waals surface area (Å²) in [6, 6.07) is 5.83. The molecule has 1 aliphatic heterocycles. The first kappa shape index (κ1) is 15.3. The third-order valence-corrected chi connectivity index (χ3v) is 4.64. The Morgan fingerprint density at radius 2 is 2.12 bits per heavy atom. The molecule has 0 N–H and O–H groups in total. The predicted octanol–water partition coefficient (Wildman–Crippen LogP) is 1.86.